The second-order valence-electron chi connectivity index (χ2n) is 8.31. The molecule has 0 bridgehead atoms. The van der Waals surface area contributed by atoms with E-state index in [0.717, 1.165) is 17.8 Å². The number of halogens is 2. The number of allylic oxidation sites excluding steroid dienone is 1. The lowest BCUT2D eigenvalue weighted by Crippen LogP contribution is -2.27. The molecule has 2 fully saturated rings. The number of rotatable bonds is 7. The van der Waals surface area contributed by atoms with E-state index < -0.39 is 5.82 Å². The fourth-order valence-electron chi connectivity index (χ4n) is 4.91. The Morgan fingerprint density at radius 1 is 1.00 bits per heavy atom. The summed E-state index contributed by atoms with van der Waals surface area (Å²) in [5, 5.41) is 0.150. The van der Waals surface area contributed by atoms with Crippen molar-refractivity contribution in [3.05, 3.63) is 41.7 Å². The monoisotopic (exact) mass is 378 g/mol. The first-order valence-corrected chi connectivity index (χ1v) is 10.7. The summed E-state index contributed by atoms with van der Waals surface area (Å²) in [6, 6.07) is 4.70. The van der Waals surface area contributed by atoms with Crippen LogP contribution < -0.4 is 4.74 Å². The molecule has 0 aromatic heterocycles. The van der Waals surface area contributed by atoms with Crippen LogP contribution in [0.4, 0.5) is 4.39 Å². The van der Waals surface area contributed by atoms with E-state index in [2.05, 4.69) is 12.7 Å². The van der Waals surface area contributed by atoms with Crippen LogP contribution in [0.25, 0.3) is 0 Å². The van der Waals surface area contributed by atoms with Gasteiger partial charge in [0.1, 0.15) is 11.6 Å². The van der Waals surface area contributed by atoms with Crippen LogP contribution in [-0.2, 0) is 0 Å². The number of ether oxygens (including phenoxy) is 1. The smallest absolute Gasteiger partial charge is 0.145 e. The van der Waals surface area contributed by atoms with Gasteiger partial charge in [0.15, 0.2) is 0 Å². The quantitative estimate of drug-likeness (QED) is 0.448. The molecule has 3 heteroatoms. The molecule has 2 aliphatic carbocycles. The van der Waals surface area contributed by atoms with E-state index in [9.17, 15) is 4.39 Å². The molecule has 2 saturated carbocycles. The Morgan fingerprint density at radius 3 is 2.19 bits per heavy atom. The molecule has 0 heterocycles. The van der Waals surface area contributed by atoms with Crippen LogP contribution in [0, 0.1) is 29.5 Å². The minimum Gasteiger partial charge on any atom is -0.493 e. The van der Waals surface area contributed by atoms with Gasteiger partial charge in [-0.25, -0.2) is 4.39 Å². The summed E-state index contributed by atoms with van der Waals surface area (Å²) in [5.74, 6) is 3.59. The largest absolute Gasteiger partial charge is 0.493 e. The second-order valence-corrected chi connectivity index (χ2v) is 8.72. The van der Waals surface area contributed by atoms with Gasteiger partial charge in [-0.15, -0.1) is 6.58 Å². The third-order valence-electron chi connectivity index (χ3n) is 6.61. The van der Waals surface area contributed by atoms with Gasteiger partial charge in [-0.2, -0.15) is 0 Å². The topological polar surface area (TPSA) is 9.23 Å². The van der Waals surface area contributed by atoms with E-state index in [4.69, 9.17) is 16.3 Å². The molecule has 2 aliphatic rings. The zero-order valence-corrected chi connectivity index (χ0v) is 16.5. The van der Waals surface area contributed by atoms with Gasteiger partial charge in [-0.05, 0) is 87.2 Å². The van der Waals surface area contributed by atoms with Crippen LogP contribution >= 0.6 is 11.6 Å². The Kier molecular flexibility index (Phi) is 7.42. The molecule has 1 aromatic carbocycles. The minimum atomic E-state index is -0.406. The highest BCUT2D eigenvalue weighted by Gasteiger charge is 2.30. The molecule has 0 unspecified atom stereocenters. The third kappa shape index (κ3) is 5.49. The zero-order chi connectivity index (χ0) is 18.4. The number of hydrogen-bond donors (Lipinski definition) is 0. The van der Waals surface area contributed by atoms with Gasteiger partial charge >= 0.3 is 0 Å². The van der Waals surface area contributed by atoms with E-state index in [0.29, 0.717) is 18.3 Å². The lowest BCUT2D eigenvalue weighted by atomic mass is 9.69. The van der Waals surface area contributed by atoms with E-state index in [1.165, 1.54) is 70.3 Å². The van der Waals surface area contributed by atoms with Crippen molar-refractivity contribution in [2.45, 2.75) is 64.2 Å². The summed E-state index contributed by atoms with van der Waals surface area (Å²) >= 11 is 5.72. The van der Waals surface area contributed by atoms with Crippen LogP contribution in [-0.4, -0.2) is 6.61 Å². The van der Waals surface area contributed by atoms with Crippen molar-refractivity contribution in [2.24, 2.45) is 23.7 Å². The van der Waals surface area contributed by atoms with Crippen molar-refractivity contribution in [3.63, 3.8) is 0 Å². The van der Waals surface area contributed by atoms with E-state index >= 15 is 0 Å². The Hall–Kier alpha value is -1.02. The van der Waals surface area contributed by atoms with E-state index in [1.807, 2.05) is 0 Å². The lowest BCUT2D eigenvalue weighted by Gasteiger charge is -2.37. The van der Waals surface area contributed by atoms with Crippen molar-refractivity contribution >= 4 is 11.6 Å². The summed E-state index contributed by atoms with van der Waals surface area (Å²) in [5.41, 5.74) is 0. The maximum absolute atomic E-state index is 13.5. The number of hydrogen-bond acceptors (Lipinski definition) is 1. The summed E-state index contributed by atoms with van der Waals surface area (Å²) in [6.07, 6.45) is 15.4. The van der Waals surface area contributed by atoms with Crippen molar-refractivity contribution in [1.82, 2.24) is 0 Å². The molecule has 0 radical (unpaired) electrons. The normalized spacial score (nSPS) is 29.3. The molecule has 3 rings (SSSR count). The summed E-state index contributed by atoms with van der Waals surface area (Å²) in [7, 11) is 0. The summed E-state index contributed by atoms with van der Waals surface area (Å²) in [4.78, 5) is 0. The standard InChI is InChI=1S/C23H32ClFO/c1-2-3-4-17-5-9-19(10-6-17)20-11-7-18(8-12-20)16-26-21-13-14-22(24)23(25)15-21/h2,13-15,17-20H,1,3-12,16H2/t17-,18?,19-,20?. The van der Waals surface area contributed by atoms with Crippen molar-refractivity contribution < 1.29 is 9.13 Å². The van der Waals surface area contributed by atoms with Crippen LogP contribution in [0.5, 0.6) is 5.75 Å². The molecular formula is C23H32ClFO. The predicted molar refractivity (Wildman–Crippen MR) is 107 cm³/mol. The first kappa shape index (κ1) is 19.7. The molecular weight excluding hydrogens is 347 g/mol. The lowest BCUT2D eigenvalue weighted by molar-refractivity contribution is 0.122. The zero-order valence-electron chi connectivity index (χ0n) is 15.8. The first-order chi connectivity index (χ1) is 12.7. The van der Waals surface area contributed by atoms with E-state index in [-0.39, 0.29) is 5.02 Å². The van der Waals surface area contributed by atoms with Crippen LogP contribution in [0.2, 0.25) is 5.02 Å². The molecule has 0 atom stereocenters. The third-order valence-corrected chi connectivity index (χ3v) is 6.91. The highest BCUT2D eigenvalue weighted by molar-refractivity contribution is 6.30. The van der Waals surface area contributed by atoms with Gasteiger partial charge < -0.3 is 4.74 Å². The average Bonchev–Trinajstić information content (AvgIpc) is 2.68. The molecule has 0 amide bonds. The highest BCUT2D eigenvalue weighted by atomic mass is 35.5. The average molecular weight is 379 g/mol. The maximum atomic E-state index is 13.5. The predicted octanol–water partition coefficient (Wildman–Crippen LogP) is 7.44. The van der Waals surface area contributed by atoms with Gasteiger partial charge in [-0.1, -0.05) is 30.5 Å². The molecule has 1 aromatic rings. The van der Waals surface area contributed by atoms with Gasteiger partial charge in [0.2, 0.25) is 0 Å². The van der Waals surface area contributed by atoms with Crippen molar-refractivity contribution in [3.8, 4) is 5.75 Å². The molecule has 26 heavy (non-hydrogen) atoms. The first-order valence-electron chi connectivity index (χ1n) is 10.3. The van der Waals surface area contributed by atoms with Crippen molar-refractivity contribution in [1.29, 1.82) is 0 Å². The molecule has 0 N–H and O–H groups in total. The summed E-state index contributed by atoms with van der Waals surface area (Å²) < 4.78 is 19.3. The molecule has 0 spiro atoms. The summed E-state index contributed by atoms with van der Waals surface area (Å²) in [6.45, 7) is 4.54. The van der Waals surface area contributed by atoms with Gasteiger partial charge in [0, 0.05) is 6.07 Å². The molecule has 1 nitrogen and oxygen atoms in total. The Labute approximate surface area is 163 Å². The molecule has 0 saturated heterocycles. The molecule has 144 valence electrons. The molecule has 0 aliphatic heterocycles. The maximum Gasteiger partial charge on any atom is 0.145 e. The van der Waals surface area contributed by atoms with Crippen LogP contribution in [0.1, 0.15) is 64.2 Å². The fourth-order valence-corrected chi connectivity index (χ4v) is 5.03. The van der Waals surface area contributed by atoms with E-state index in [1.54, 1.807) is 12.1 Å². The van der Waals surface area contributed by atoms with Gasteiger partial charge in [0.05, 0.1) is 11.6 Å². The number of benzene rings is 1. The van der Waals surface area contributed by atoms with Gasteiger partial charge in [-0.3, -0.25) is 0 Å². The van der Waals surface area contributed by atoms with Crippen LogP contribution in [0.15, 0.2) is 30.9 Å². The Morgan fingerprint density at radius 2 is 1.62 bits per heavy atom. The Balaban J connectivity index is 1.36. The fraction of sp³-hybridized carbons (Fsp3) is 0.652. The van der Waals surface area contributed by atoms with Gasteiger partial charge in [0.25, 0.3) is 0 Å². The van der Waals surface area contributed by atoms with Crippen molar-refractivity contribution in [2.75, 3.05) is 6.61 Å². The minimum absolute atomic E-state index is 0.150. The Bertz CT molecular complexity index is 572. The van der Waals surface area contributed by atoms with Crippen LogP contribution in [0.3, 0.4) is 0 Å². The second kappa shape index (κ2) is 9.78. The highest BCUT2D eigenvalue weighted by Crippen LogP contribution is 2.42. The SMILES string of the molecule is C=CCC[C@H]1CC[C@H](C2CCC(COc3ccc(Cl)c(F)c3)CC2)CC1.